The molecule has 1 atom stereocenters. The van der Waals surface area contributed by atoms with Gasteiger partial charge in [0.1, 0.15) is 11.6 Å². The number of halogens is 1. The van der Waals surface area contributed by atoms with Gasteiger partial charge < -0.3 is 10.3 Å². The Labute approximate surface area is 111 Å². The smallest absolute Gasteiger partial charge is 0.227 e. The Hall–Kier alpha value is -2.17. The van der Waals surface area contributed by atoms with E-state index in [9.17, 15) is 9.18 Å². The first-order chi connectivity index (χ1) is 9.20. The van der Waals surface area contributed by atoms with Crippen molar-refractivity contribution in [2.45, 2.75) is 25.8 Å². The molecule has 2 rings (SSSR count). The predicted molar refractivity (Wildman–Crippen MR) is 69.9 cm³/mol. The minimum Gasteiger partial charge on any atom is -0.348 e. The SMILES string of the molecule is CC[C@H](C(=O)NCc1ncc[nH]1)c1ccc(F)cc1. The molecule has 0 fully saturated rings. The molecule has 4 nitrogen and oxygen atoms in total. The summed E-state index contributed by atoms with van der Waals surface area (Å²) in [7, 11) is 0. The molecule has 0 saturated carbocycles. The number of rotatable bonds is 5. The van der Waals surface area contributed by atoms with Crippen LogP contribution < -0.4 is 5.32 Å². The number of hydrogen-bond acceptors (Lipinski definition) is 2. The topological polar surface area (TPSA) is 57.8 Å². The van der Waals surface area contributed by atoms with E-state index in [2.05, 4.69) is 15.3 Å². The number of benzene rings is 1. The molecule has 19 heavy (non-hydrogen) atoms. The number of hydrogen-bond donors (Lipinski definition) is 2. The van der Waals surface area contributed by atoms with Crippen molar-refractivity contribution in [3.8, 4) is 0 Å². The van der Waals surface area contributed by atoms with Crippen LogP contribution in [0.4, 0.5) is 4.39 Å². The Morgan fingerprint density at radius 3 is 2.74 bits per heavy atom. The Kier molecular flexibility index (Phi) is 4.28. The van der Waals surface area contributed by atoms with Crippen molar-refractivity contribution >= 4 is 5.91 Å². The van der Waals surface area contributed by atoms with Gasteiger partial charge in [0.05, 0.1) is 12.5 Å². The van der Waals surface area contributed by atoms with Gasteiger partial charge in [0, 0.05) is 12.4 Å². The van der Waals surface area contributed by atoms with Gasteiger partial charge >= 0.3 is 0 Å². The number of aromatic nitrogens is 2. The second-order valence-corrected chi connectivity index (χ2v) is 4.27. The molecule has 1 aromatic heterocycles. The summed E-state index contributed by atoms with van der Waals surface area (Å²) >= 11 is 0. The maximum atomic E-state index is 12.9. The summed E-state index contributed by atoms with van der Waals surface area (Å²) in [4.78, 5) is 19.1. The van der Waals surface area contributed by atoms with Crippen molar-refractivity contribution < 1.29 is 9.18 Å². The molecule has 2 N–H and O–H groups in total. The van der Waals surface area contributed by atoms with Crippen LogP contribution in [0.15, 0.2) is 36.7 Å². The van der Waals surface area contributed by atoms with Crippen LogP contribution in [0.25, 0.3) is 0 Å². The molecule has 0 bridgehead atoms. The predicted octanol–water partition coefficient (Wildman–Crippen LogP) is 2.36. The third kappa shape index (κ3) is 3.40. The fourth-order valence-corrected chi connectivity index (χ4v) is 1.96. The summed E-state index contributed by atoms with van der Waals surface area (Å²) in [5, 5.41) is 2.82. The highest BCUT2D eigenvalue weighted by molar-refractivity contribution is 5.83. The number of aromatic amines is 1. The number of nitrogens with one attached hydrogen (secondary N) is 2. The molecule has 0 saturated heterocycles. The summed E-state index contributed by atoms with van der Waals surface area (Å²) in [6.07, 6.45) is 4.01. The molecule has 0 aliphatic carbocycles. The van der Waals surface area contributed by atoms with Gasteiger partial charge in [0.2, 0.25) is 5.91 Å². The van der Waals surface area contributed by atoms with E-state index in [4.69, 9.17) is 0 Å². The van der Waals surface area contributed by atoms with Gasteiger partial charge in [-0.15, -0.1) is 0 Å². The second kappa shape index (κ2) is 6.13. The van der Waals surface area contributed by atoms with Crippen LogP contribution in [0.2, 0.25) is 0 Å². The van der Waals surface area contributed by atoms with Crippen molar-refractivity contribution in [1.82, 2.24) is 15.3 Å². The van der Waals surface area contributed by atoms with E-state index >= 15 is 0 Å². The highest BCUT2D eigenvalue weighted by Gasteiger charge is 2.18. The molecule has 0 spiro atoms. The van der Waals surface area contributed by atoms with E-state index in [1.807, 2.05) is 6.92 Å². The zero-order valence-electron chi connectivity index (χ0n) is 10.7. The number of nitrogens with zero attached hydrogens (tertiary/aromatic N) is 1. The number of imidazole rings is 1. The molecule has 1 amide bonds. The van der Waals surface area contributed by atoms with Crippen LogP contribution in [-0.2, 0) is 11.3 Å². The van der Waals surface area contributed by atoms with Gasteiger partial charge in [0.25, 0.3) is 0 Å². The van der Waals surface area contributed by atoms with Crippen molar-refractivity contribution in [2.75, 3.05) is 0 Å². The molecule has 100 valence electrons. The highest BCUT2D eigenvalue weighted by atomic mass is 19.1. The lowest BCUT2D eigenvalue weighted by atomic mass is 9.95. The summed E-state index contributed by atoms with van der Waals surface area (Å²) in [5.74, 6) is 0.0676. The maximum absolute atomic E-state index is 12.9. The molecule has 1 aromatic carbocycles. The molecular formula is C14H16FN3O. The van der Waals surface area contributed by atoms with Gasteiger partial charge in [0.15, 0.2) is 0 Å². The van der Waals surface area contributed by atoms with E-state index in [1.54, 1.807) is 24.5 Å². The third-order valence-electron chi connectivity index (χ3n) is 2.98. The Morgan fingerprint density at radius 2 is 2.16 bits per heavy atom. The molecule has 0 radical (unpaired) electrons. The van der Waals surface area contributed by atoms with Crippen molar-refractivity contribution in [3.63, 3.8) is 0 Å². The number of H-pyrrole nitrogens is 1. The minimum absolute atomic E-state index is 0.0782. The minimum atomic E-state index is -0.297. The van der Waals surface area contributed by atoms with Gasteiger partial charge in [-0.25, -0.2) is 9.37 Å². The quantitative estimate of drug-likeness (QED) is 0.868. The largest absolute Gasteiger partial charge is 0.348 e. The standard InChI is InChI=1S/C14H16FN3O/c1-2-12(10-3-5-11(15)6-4-10)14(19)18-9-13-16-7-8-17-13/h3-8,12H,2,9H2,1H3,(H,16,17)(H,18,19)/t12-/m0/s1. The summed E-state index contributed by atoms with van der Waals surface area (Å²) < 4.78 is 12.9. The van der Waals surface area contributed by atoms with Crippen LogP contribution in [0, 0.1) is 5.82 Å². The van der Waals surface area contributed by atoms with E-state index in [1.165, 1.54) is 12.1 Å². The molecule has 0 aliphatic rings. The maximum Gasteiger partial charge on any atom is 0.227 e. The van der Waals surface area contributed by atoms with Gasteiger partial charge in [-0.2, -0.15) is 0 Å². The van der Waals surface area contributed by atoms with Crippen LogP contribution in [0.3, 0.4) is 0 Å². The number of amides is 1. The lowest BCUT2D eigenvalue weighted by Crippen LogP contribution is -2.29. The average molecular weight is 261 g/mol. The van der Waals surface area contributed by atoms with E-state index in [0.717, 1.165) is 5.56 Å². The second-order valence-electron chi connectivity index (χ2n) is 4.27. The van der Waals surface area contributed by atoms with Crippen molar-refractivity contribution in [3.05, 3.63) is 53.9 Å². The van der Waals surface area contributed by atoms with Gasteiger partial charge in [-0.05, 0) is 24.1 Å². The zero-order valence-corrected chi connectivity index (χ0v) is 10.7. The lowest BCUT2D eigenvalue weighted by molar-refractivity contribution is -0.122. The Morgan fingerprint density at radius 1 is 1.42 bits per heavy atom. The van der Waals surface area contributed by atoms with Crippen molar-refractivity contribution in [1.29, 1.82) is 0 Å². The number of carbonyl (C=O) groups excluding carboxylic acids is 1. The van der Waals surface area contributed by atoms with E-state index < -0.39 is 0 Å². The van der Waals surface area contributed by atoms with Gasteiger partial charge in [-0.3, -0.25) is 4.79 Å². The van der Waals surface area contributed by atoms with Crippen LogP contribution in [-0.4, -0.2) is 15.9 Å². The highest BCUT2D eigenvalue weighted by Crippen LogP contribution is 2.20. The molecule has 5 heteroatoms. The molecular weight excluding hydrogens is 245 g/mol. The first-order valence-corrected chi connectivity index (χ1v) is 6.22. The molecule has 1 heterocycles. The van der Waals surface area contributed by atoms with Crippen LogP contribution in [0.5, 0.6) is 0 Å². The zero-order chi connectivity index (χ0) is 13.7. The average Bonchev–Trinajstić information content (AvgIpc) is 2.92. The monoisotopic (exact) mass is 261 g/mol. The molecule has 2 aromatic rings. The van der Waals surface area contributed by atoms with E-state index in [0.29, 0.717) is 18.8 Å². The summed E-state index contributed by atoms with van der Waals surface area (Å²) in [6, 6.07) is 6.04. The van der Waals surface area contributed by atoms with Crippen LogP contribution >= 0.6 is 0 Å². The molecule has 0 aliphatic heterocycles. The van der Waals surface area contributed by atoms with Gasteiger partial charge in [-0.1, -0.05) is 19.1 Å². The fraction of sp³-hybridized carbons (Fsp3) is 0.286. The Balaban J connectivity index is 2.00. The van der Waals surface area contributed by atoms with E-state index in [-0.39, 0.29) is 17.6 Å². The normalized spacial score (nSPS) is 12.1. The van der Waals surface area contributed by atoms with Crippen molar-refractivity contribution in [2.24, 2.45) is 0 Å². The summed E-state index contributed by atoms with van der Waals surface area (Å²) in [5.41, 5.74) is 0.820. The lowest BCUT2D eigenvalue weighted by Gasteiger charge is -2.14. The number of carbonyl (C=O) groups is 1. The summed E-state index contributed by atoms with van der Waals surface area (Å²) in [6.45, 7) is 2.30. The third-order valence-corrected chi connectivity index (χ3v) is 2.98. The Bertz CT molecular complexity index is 522. The molecule has 0 unspecified atom stereocenters. The first-order valence-electron chi connectivity index (χ1n) is 6.22. The fourth-order valence-electron chi connectivity index (χ4n) is 1.96. The first kappa shape index (κ1) is 13.3. The van der Waals surface area contributed by atoms with Crippen LogP contribution in [0.1, 0.15) is 30.7 Å².